The third-order valence-corrected chi connectivity index (χ3v) is 3.50. The van der Waals surface area contributed by atoms with Crippen LogP contribution in [-0.2, 0) is 14.3 Å². The Balaban J connectivity index is 2.85. The van der Waals surface area contributed by atoms with Gasteiger partial charge in [-0.2, -0.15) is 0 Å². The second kappa shape index (κ2) is 6.36. The molecule has 0 aromatic carbocycles. The highest BCUT2D eigenvalue weighted by Gasteiger charge is 2.48. The quantitative estimate of drug-likeness (QED) is 0.747. The minimum absolute atomic E-state index is 0.0811. The van der Waals surface area contributed by atoms with E-state index in [4.69, 9.17) is 9.47 Å². The van der Waals surface area contributed by atoms with E-state index in [1.54, 1.807) is 7.11 Å². The number of nitrogens with one attached hydrogen (secondary N) is 1. The fourth-order valence-electron chi connectivity index (χ4n) is 2.54. The number of carbonyl (C=O) groups is 1. The first kappa shape index (κ1) is 14.5. The topological polar surface area (TPSA) is 47.6 Å². The second-order valence-electron chi connectivity index (χ2n) is 5.21. The third kappa shape index (κ3) is 3.19. The van der Waals surface area contributed by atoms with Gasteiger partial charge in [-0.15, -0.1) is 0 Å². The molecule has 17 heavy (non-hydrogen) atoms. The van der Waals surface area contributed by atoms with Crippen molar-refractivity contribution in [3.8, 4) is 0 Å². The molecule has 0 spiro atoms. The zero-order valence-corrected chi connectivity index (χ0v) is 11.4. The molecule has 0 aromatic rings. The lowest BCUT2D eigenvalue weighted by atomic mass is 9.78. The summed E-state index contributed by atoms with van der Waals surface area (Å²) in [5.74, 6) is 0.306. The summed E-state index contributed by atoms with van der Waals surface area (Å²) >= 11 is 0. The Morgan fingerprint density at radius 3 is 2.65 bits per heavy atom. The van der Waals surface area contributed by atoms with Gasteiger partial charge in [-0.25, -0.2) is 4.79 Å². The van der Waals surface area contributed by atoms with Crippen LogP contribution in [0.1, 0.15) is 39.5 Å². The van der Waals surface area contributed by atoms with Crippen LogP contribution >= 0.6 is 0 Å². The van der Waals surface area contributed by atoms with E-state index in [0.717, 1.165) is 32.2 Å². The van der Waals surface area contributed by atoms with Crippen molar-refractivity contribution in [1.29, 1.82) is 0 Å². The van der Waals surface area contributed by atoms with Crippen LogP contribution in [0.4, 0.5) is 0 Å². The van der Waals surface area contributed by atoms with E-state index < -0.39 is 5.54 Å². The fourth-order valence-corrected chi connectivity index (χ4v) is 2.54. The van der Waals surface area contributed by atoms with Crippen molar-refractivity contribution in [3.05, 3.63) is 0 Å². The molecule has 1 N–H and O–H groups in total. The molecule has 2 unspecified atom stereocenters. The summed E-state index contributed by atoms with van der Waals surface area (Å²) in [4.78, 5) is 12.1. The summed E-state index contributed by atoms with van der Waals surface area (Å²) in [6.07, 6.45) is 3.78. The van der Waals surface area contributed by atoms with Crippen molar-refractivity contribution < 1.29 is 14.3 Å². The van der Waals surface area contributed by atoms with Crippen LogP contribution in [-0.4, -0.2) is 38.4 Å². The molecule has 0 bridgehead atoms. The molecule has 2 atom stereocenters. The SMILES string of the molecule is COC(=O)C1(NCC(C)C)CCCCC1OC. The molecular formula is C13H25NO3. The molecule has 1 fully saturated rings. The van der Waals surface area contributed by atoms with Crippen molar-refractivity contribution in [2.24, 2.45) is 5.92 Å². The van der Waals surface area contributed by atoms with Crippen LogP contribution in [0.5, 0.6) is 0 Å². The van der Waals surface area contributed by atoms with Gasteiger partial charge in [0.1, 0.15) is 5.54 Å². The molecule has 1 rings (SSSR count). The lowest BCUT2D eigenvalue weighted by molar-refractivity contribution is -0.158. The molecular weight excluding hydrogens is 218 g/mol. The number of hydrogen-bond donors (Lipinski definition) is 1. The minimum Gasteiger partial charge on any atom is -0.468 e. The van der Waals surface area contributed by atoms with Crippen LogP contribution < -0.4 is 5.32 Å². The molecule has 4 heteroatoms. The van der Waals surface area contributed by atoms with Crippen molar-refractivity contribution in [2.75, 3.05) is 20.8 Å². The van der Waals surface area contributed by atoms with Crippen LogP contribution in [0.25, 0.3) is 0 Å². The van der Waals surface area contributed by atoms with E-state index in [2.05, 4.69) is 19.2 Å². The number of ether oxygens (including phenoxy) is 2. The van der Waals surface area contributed by atoms with Gasteiger partial charge in [-0.05, 0) is 25.3 Å². The normalized spacial score (nSPS) is 29.4. The molecule has 0 amide bonds. The van der Waals surface area contributed by atoms with Crippen LogP contribution in [0.2, 0.25) is 0 Å². The largest absolute Gasteiger partial charge is 0.468 e. The summed E-state index contributed by atoms with van der Waals surface area (Å²) in [5.41, 5.74) is -0.647. The standard InChI is InChI=1S/C13H25NO3/c1-10(2)9-14-13(12(15)17-4)8-6-5-7-11(13)16-3/h10-11,14H,5-9H2,1-4H3. The maximum absolute atomic E-state index is 12.1. The Bertz CT molecular complexity index is 255. The molecule has 1 saturated carbocycles. The van der Waals surface area contributed by atoms with Gasteiger partial charge in [0.05, 0.1) is 13.2 Å². The van der Waals surface area contributed by atoms with Gasteiger partial charge in [-0.3, -0.25) is 5.32 Å². The lowest BCUT2D eigenvalue weighted by Crippen LogP contribution is -2.63. The molecule has 0 aromatic heterocycles. The molecule has 0 radical (unpaired) electrons. The highest BCUT2D eigenvalue weighted by Crippen LogP contribution is 2.32. The first-order chi connectivity index (χ1) is 8.06. The monoisotopic (exact) mass is 243 g/mol. The highest BCUT2D eigenvalue weighted by atomic mass is 16.5. The van der Waals surface area contributed by atoms with Crippen molar-refractivity contribution >= 4 is 5.97 Å². The molecule has 1 aliphatic rings. The number of hydrogen-bond acceptors (Lipinski definition) is 4. The number of esters is 1. The summed E-state index contributed by atoms with van der Waals surface area (Å²) in [7, 11) is 3.12. The Hall–Kier alpha value is -0.610. The van der Waals surface area contributed by atoms with Crippen molar-refractivity contribution in [2.45, 2.75) is 51.2 Å². The van der Waals surface area contributed by atoms with Gasteiger partial charge in [0.15, 0.2) is 0 Å². The molecule has 1 aliphatic carbocycles. The lowest BCUT2D eigenvalue weighted by Gasteiger charge is -2.41. The average molecular weight is 243 g/mol. The third-order valence-electron chi connectivity index (χ3n) is 3.50. The molecule has 4 nitrogen and oxygen atoms in total. The zero-order valence-electron chi connectivity index (χ0n) is 11.4. The Morgan fingerprint density at radius 1 is 1.41 bits per heavy atom. The van der Waals surface area contributed by atoms with Gasteiger partial charge in [0.25, 0.3) is 0 Å². The maximum atomic E-state index is 12.1. The fraction of sp³-hybridized carbons (Fsp3) is 0.923. The van der Waals surface area contributed by atoms with Crippen LogP contribution in [0.3, 0.4) is 0 Å². The van der Waals surface area contributed by atoms with Gasteiger partial charge in [0.2, 0.25) is 0 Å². The zero-order chi connectivity index (χ0) is 12.9. The maximum Gasteiger partial charge on any atom is 0.328 e. The summed E-state index contributed by atoms with van der Waals surface area (Å²) < 4.78 is 10.5. The van der Waals surface area contributed by atoms with E-state index in [1.165, 1.54) is 7.11 Å². The summed E-state index contributed by atoms with van der Waals surface area (Å²) in [6.45, 7) is 5.06. The Labute approximate surface area is 104 Å². The molecule has 0 saturated heterocycles. The van der Waals surface area contributed by atoms with E-state index in [9.17, 15) is 4.79 Å². The van der Waals surface area contributed by atoms with Crippen molar-refractivity contribution in [1.82, 2.24) is 5.32 Å². The first-order valence-electron chi connectivity index (χ1n) is 6.43. The smallest absolute Gasteiger partial charge is 0.328 e. The van der Waals surface area contributed by atoms with E-state index in [1.807, 2.05) is 0 Å². The molecule has 0 heterocycles. The highest BCUT2D eigenvalue weighted by molar-refractivity contribution is 5.81. The predicted octanol–water partition coefficient (Wildman–Crippen LogP) is 1.73. The predicted molar refractivity (Wildman–Crippen MR) is 66.9 cm³/mol. The van der Waals surface area contributed by atoms with E-state index in [-0.39, 0.29) is 12.1 Å². The molecule has 100 valence electrons. The Morgan fingerprint density at radius 2 is 2.12 bits per heavy atom. The Kier molecular flexibility index (Phi) is 5.40. The van der Waals surface area contributed by atoms with Gasteiger partial charge < -0.3 is 9.47 Å². The average Bonchev–Trinajstić information content (AvgIpc) is 2.35. The summed E-state index contributed by atoms with van der Waals surface area (Å²) in [6, 6.07) is 0. The van der Waals surface area contributed by atoms with Crippen LogP contribution in [0, 0.1) is 5.92 Å². The number of carbonyl (C=O) groups excluding carboxylic acids is 1. The van der Waals surface area contributed by atoms with Gasteiger partial charge in [0, 0.05) is 7.11 Å². The molecule has 0 aliphatic heterocycles. The minimum atomic E-state index is -0.647. The summed E-state index contributed by atoms with van der Waals surface area (Å²) in [5, 5.41) is 3.39. The van der Waals surface area contributed by atoms with Gasteiger partial charge >= 0.3 is 5.97 Å². The van der Waals surface area contributed by atoms with Crippen LogP contribution in [0.15, 0.2) is 0 Å². The van der Waals surface area contributed by atoms with E-state index in [0.29, 0.717) is 5.92 Å². The number of methoxy groups -OCH3 is 2. The first-order valence-corrected chi connectivity index (χ1v) is 6.43. The number of rotatable bonds is 5. The van der Waals surface area contributed by atoms with E-state index >= 15 is 0 Å². The second-order valence-corrected chi connectivity index (χ2v) is 5.21. The van der Waals surface area contributed by atoms with Crippen molar-refractivity contribution in [3.63, 3.8) is 0 Å². The van der Waals surface area contributed by atoms with Gasteiger partial charge in [-0.1, -0.05) is 26.7 Å².